The summed E-state index contributed by atoms with van der Waals surface area (Å²) in [6.07, 6.45) is 7.42. The standard InChI is InChI=1S/C16H29N3O2.ClH/c1-12-7-8-19(14(9-12)10-17)15(20)11-18-16(21)13-5-3-2-4-6-13;/h12-14H,2-11,17H2,1H3,(H,18,21);1H. The van der Waals surface area contributed by atoms with E-state index in [2.05, 4.69) is 12.2 Å². The molecule has 2 fully saturated rings. The van der Waals surface area contributed by atoms with Gasteiger partial charge in [-0.1, -0.05) is 26.2 Å². The number of halogens is 1. The summed E-state index contributed by atoms with van der Waals surface area (Å²) in [5, 5.41) is 2.83. The van der Waals surface area contributed by atoms with Gasteiger partial charge in [0, 0.05) is 25.0 Å². The van der Waals surface area contributed by atoms with Gasteiger partial charge in [0.1, 0.15) is 0 Å². The Morgan fingerprint density at radius 3 is 2.50 bits per heavy atom. The van der Waals surface area contributed by atoms with Crippen LogP contribution in [0.5, 0.6) is 0 Å². The smallest absolute Gasteiger partial charge is 0.242 e. The molecule has 1 saturated carbocycles. The van der Waals surface area contributed by atoms with Crippen LogP contribution in [0, 0.1) is 11.8 Å². The van der Waals surface area contributed by atoms with Crippen LogP contribution in [0.1, 0.15) is 51.9 Å². The third kappa shape index (κ3) is 5.13. The van der Waals surface area contributed by atoms with Crippen LogP contribution in [0.2, 0.25) is 0 Å². The summed E-state index contributed by atoms with van der Waals surface area (Å²) in [4.78, 5) is 26.3. The quantitative estimate of drug-likeness (QED) is 0.823. The minimum absolute atomic E-state index is 0. The second-order valence-corrected chi connectivity index (χ2v) is 6.66. The number of hydrogen-bond acceptors (Lipinski definition) is 3. The number of nitrogens with zero attached hydrogens (tertiary/aromatic N) is 1. The van der Waals surface area contributed by atoms with Crippen molar-refractivity contribution in [1.29, 1.82) is 0 Å². The fourth-order valence-electron chi connectivity index (χ4n) is 3.58. The molecule has 1 aliphatic heterocycles. The van der Waals surface area contributed by atoms with E-state index in [0.717, 1.165) is 45.1 Å². The van der Waals surface area contributed by atoms with Crippen molar-refractivity contribution in [3.8, 4) is 0 Å². The number of nitrogens with two attached hydrogens (primary N) is 1. The van der Waals surface area contributed by atoms with Gasteiger partial charge in [0.2, 0.25) is 11.8 Å². The summed E-state index contributed by atoms with van der Waals surface area (Å²) in [5.74, 6) is 0.803. The molecule has 0 aromatic heterocycles. The lowest BCUT2D eigenvalue weighted by Gasteiger charge is -2.38. The van der Waals surface area contributed by atoms with Crippen molar-refractivity contribution in [3.63, 3.8) is 0 Å². The highest BCUT2D eigenvalue weighted by atomic mass is 35.5. The highest BCUT2D eigenvalue weighted by Crippen LogP contribution is 2.24. The van der Waals surface area contributed by atoms with Gasteiger partial charge < -0.3 is 16.0 Å². The highest BCUT2D eigenvalue weighted by molar-refractivity contribution is 5.86. The van der Waals surface area contributed by atoms with Crippen LogP contribution < -0.4 is 11.1 Å². The van der Waals surface area contributed by atoms with Crippen molar-refractivity contribution < 1.29 is 9.59 Å². The molecule has 5 nitrogen and oxygen atoms in total. The van der Waals surface area contributed by atoms with Gasteiger partial charge in [-0.3, -0.25) is 9.59 Å². The lowest BCUT2D eigenvalue weighted by Crippen LogP contribution is -2.52. The molecule has 0 bridgehead atoms. The van der Waals surface area contributed by atoms with E-state index in [0.29, 0.717) is 12.5 Å². The maximum Gasteiger partial charge on any atom is 0.242 e. The number of carbonyl (C=O) groups excluding carboxylic acids is 2. The molecule has 128 valence electrons. The number of hydrogen-bond donors (Lipinski definition) is 2. The number of likely N-dealkylation sites (tertiary alicyclic amines) is 1. The van der Waals surface area contributed by atoms with Gasteiger partial charge in [0.15, 0.2) is 0 Å². The second-order valence-electron chi connectivity index (χ2n) is 6.66. The maximum atomic E-state index is 12.3. The Hall–Kier alpha value is -0.810. The Morgan fingerprint density at radius 1 is 1.18 bits per heavy atom. The van der Waals surface area contributed by atoms with Crippen molar-refractivity contribution in [2.75, 3.05) is 19.6 Å². The third-order valence-corrected chi connectivity index (χ3v) is 4.96. The van der Waals surface area contributed by atoms with Gasteiger partial charge in [-0.25, -0.2) is 0 Å². The molecule has 0 aromatic rings. The molecule has 6 heteroatoms. The van der Waals surface area contributed by atoms with E-state index >= 15 is 0 Å². The lowest BCUT2D eigenvalue weighted by molar-refractivity contribution is -0.137. The first-order chi connectivity index (χ1) is 10.1. The second kappa shape index (κ2) is 9.36. The van der Waals surface area contributed by atoms with E-state index in [-0.39, 0.29) is 42.7 Å². The van der Waals surface area contributed by atoms with Crippen LogP contribution in [0.4, 0.5) is 0 Å². The molecule has 1 heterocycles. The number of nitrogens with one attached hydrogen (secondary N) is 1. The average Bonchev–Trinajstić information content (AvgIpc) is 2.52. The van der Waals surface area contributed by atoms with Gasteiger partial charge in [-0.05, 0) is 31.6 Å². The topological polar surface area (TPSA) is 75.4 Å². The fraction of sp³-hybridized carbons (Fsp3) is 0.875. The molecule has 0 radical (unpaired) electrons. The van der Waals surface area contributed by atoms with E-state index in [1.807, 2.05) is 4.90 Å². The van der Waals surface area contributed by atoms with Gasteiger partial charge in [0.05, 0.1) is 6.54 Å². The van der Waals surface area contributed by atoms with Crippen LogP contribution in [0.15, 0.2) is 0 Å². The van der Waals surface area contributed by atoms with Crippen LogP contribution in [0.3, 0.4) is 0 Å². The Labute approximate surface area is 139 Å². The summed E-state index contributed by atoms with van der Waals surface area (Å²) < 4.78 is 0. The van der Waals surface area contributed by atoms with Crippen LogP contribution >= 0.6 is 12.4 Å². The molecule has 2 unspecified atom stereocenters. The molecule has 2 amide bonds. The largest absolute Gasteiger partial charge is 0.347 e. The third-order valence-electron chi connectivity index (χ3n) is 4.96. The molecular formula is C16H30ClN3O2. The number of rotatable bonds is 4. The van der Waals surface area contributed by atoms with Crippen molar-refractivity contribution >= 4 is 24.2 Å². The zero-order valence-corrected chi connectivity index (χ0v) is 14.4. The van der Waals surface area contributed by atoms with Crippen LogP contribution in [-0.4, -0.2) is 42.4 Å². The first-order valence-electron chi connectivity index (χ1n) is 8.39. The number of piperidine rings is 1. The predicted octanol–water partition coefficient (Wildman–Crippen LogP) is 1.69. The maximum absolute atomic E-state index is 12.3. The molecule has 1 saturated heterocycles. The Kier molecular flexibility index (Phi) is 8.18. The van der Waals surface area contributed by atoms with E-state index < -0.39 is 0 Å². The van der Waals surface area contributed by atoms with Gasteiger partial charge in [0.25, 0.3) is 0 Å². The zero-order chi connectivity index (χ0) is 15.2. The lowest BCUT2D eigenvalue weighted by atomic mass is 9.88. The number of amides is 2. The summed E-state index contributed by atoms with van der Waals surface area (Å²) in [6, 6.07) is 0.132. The molecule has 0 spiro atoms. The molecule has 0 aromatic carbocycles. The van der Waals surface area contributed by atoms with Crippen LogP contribution in [-0.2, 0) is 9.59 Å². The minimum Gasteiger partial charge on any atom is -0.347 e. The first kappa shape index (κ1) is 19.2. The van der Waals surface area contributed by atoms with E-state index in [1.165, 1.54) is 6.42 Å². The van der Waals surface area contributed by atoms with Gasteiger partial charge >= 0.3 is 0 Å². The Balaban J connectivity index is 0.00000242. The zero-order valence-electron chi connectivity index (χ0n) is 13.6. The normalized spacial score (nSPS) is 26.2. The van der Waals surface area contributed by atoms with E-state index in [4.69, 9.17) is 5.73 Å². The molecular weight excluding hydrogens is 302 g/mol. The summed E-state index contributed by atoms with van der Waals surface area (Å²) in [5.41, 5.74) is 5.79. The van der Waals surface area contributed by atoms with Gasteiger partial charge in [-0.15, -0.1) is 12.4 Å². The molecule has 2 rings (SSSR count). The monoisotopic (exact) mass is 331 g/mol. The molecule has 1 aliphatic carbocycles. The SMILES string of the molecule is CC1CCN(C(=O)CNC(=O)C2CCCCC2)C(CN)C1.Cl. The van der Waals surface area contributed by atoms with Crippen molar-refractivity contribution in [2.45, 2.75) is 57.9 Å². The Morgan fingerprint density at radius 2 is 1.86 bits per heavy atom. The summed E-state index contributed by atoms with van der Waals surface area (Å²) in [7, 11) is 0. The average molecular weight is 332 g/mol. The van der Waals surface area contributed by atoms with Crippen molar-refractivity contribution in [2.24, 2.45) is 17.6 Å². The van der Waals surface area contributed by atoms with Gasteiger partial charge in [-0.2, -0.15) is 0 Å². The van der Waals surface area contributed by atoms with E-state index in [9.17, 15) is 9.59 Å². The Bertz CT molecular complexity index is 372. The van der Waals surface area contributed by atoms with Crippen LogP contribution in [0.25, 0.3) is 0 Å². The highest BCUT2D eigenvalue weighted by Gasteiger charge is 2.29. The van der Waals surface area contributed by atoms with Crippen molar-refractivity contribution in [1.82, 2.24) is 10.2 Å². The summed E-state index contributed by atoms with van der Waals surface area (Å²) >= 11 is 0. The first-order valence-corrected chi connectivity index (χ1v) is 8.39. The predicted molar refractivity (Wildman–Crippen MR) is 89.8 cm³/mol. The molecule has 3 N–H and O–H groups in total. The van der Waals surface area contributed by atoms with E-state index in [1.54, 1.807) is 0 Å². The molecule has 2 aliphatic rings. The van der Waals surface area contributed by atoms with Crippen molar-refractivity contribution in [3.05, 3.63) is 0 Å². The summed E-state index contributed by atoms with van der Waals surface area (Å²) in [6.45, 7) is 3.60. The number of carbonyl (C=O) groups is 2. The fourth-order valence-corrected chi connectivity index (χ4v) is 3.58. The minimum atomic E-state index is 0. The molecule has 2 atom stereocenters. The molecule has 22 heavy (non-hydrogen) atoms.